The standard InChI is InChI=1S/C10H11O2/c1-8(7-10(11)12)9-5-3-2-4-6-9/h3-6,8H,7H2,1H3,(H,11,12). The van der Waals surface area contributed by atoms with Gasteiger partial charge in [0.05, 0.1) is 6.42 Å². The average Bonchev–Trinajstić information content (AvgIpc) is 2.05. The van der Waals surface area contributed by atoms with Gasteiger partial charge in [0.2, 0.25) is 0 Å². The van der Waals surface area contributed by atoms with E-state index in [-0.39, 0.29) is 12.3 Å². The topological polar surface area (TPSA) is 37.3 Å². The van der Waals surface area contributed by atoms with Crippen molar-refractivity contribution in [3.8, 4) is 0 Å². The number of hydrogen-bond acceptors (Lipinski definition) is 1. The van der Waals surface area contributed by atoms with Crippen LogP contribution in [0, 0.1) is 6.07 Å². The van der Waals surface area contributed by atoms with Crippen molar-refractivity contribution in [2.75, 3.05) is 0 Å². The summed E-state index contributed by atoms with van der Waals surface area (Å²) in [4.78, 5) is 10.4. The minimum atomic E-state index is -0.754. The molecular weight excluding hydrogens is 152 g/mol. The smallest absolute Gasteiger partial charge is 0.303 e. The van der Waals surface area contributed by atoms with Crippen LogP contribution in [0.4, 0.5) is 0 Å². The van der Waals surface area contributed by atoms with E-state index in [0.29, 0.717) is 0 Å². The summed E-state index contributed by atoms with van der Waals surface area (Å²) in [6.45, 7) is 1.91. The van der Waals surface area contributed by atoms with Gasteiger partial charge < -0.3 is 5.11 Å². The maximum absolute atomic E-state index is 10.4. The maximum atomic E-state index is 10.4. The SMILES string of the molecule is CC(CC(=O)O)c1cc[c]cc1. The Hall–Kier alpha value is -1.31. The normalized spacial score (nSPS) is 12.4. The van der Waals surface area contributed by atoms with Gasteiger partial charge in [-0.3, -0.25) is 4.79 Å². The van der Waals surface area contributed by atoms with Crippen molar-refractivity contribution in [1.29, 1.82) is 0 Å². The highest BCUT2D eigenvalue weighted by Gasteiger charge is 2.08. The summed E-state index contributed by atoms with van der Waals surface area (Å²) in [6.07, 6.45) is 0.185. The number of carbonyl (C=O) groups is 1. The Labute approximate surface area is 71.8 Å². The van der Waals surface area contributed by atoms with Gasteiger partial charge in [-0.25, -0.2) is 0 Å². The van der Waals surface area contributed by atoms with Crippen molar-refractivity contribution in [2.24, 2.45) is 0 Å². The number of carboxylic acid groups (broad SMARTS) is 1. The van der Waals surface area contributed by atoms with Crippen molar-refractivity contribution in [3.63, 3.8) is 0 Å². The molecule has 2 nitrogen and oxygen atoms in total. The molecule has 1 rings (SSSR count). The van der Waals surface area contributed by atoms with Gasteiger partial charge in [0.1, 0.15) is 0 Å². The molecule has 0 aromatic heterocycles. The Morgan fingerprint density at radius 3 is 2.67 bits per heavy atom. The highest BCUT2D eigenvalue weighted by atomic mass is 16.4. The summed E-state index contributed by atoms with van der Waals surface area (Å²) in [5, 5.41) is 8.54. The summed E-state index contributed by atoms with van der Waals surface area (Å²) in [5.74, 6) is -0.674. The maximum Gasteiger partial charge on any atom is 0.303 e. The number of carboxylic acids is 1. The first-order valence-corrected chi connectivity index (χ1v) is 3.88. The van der Waals surface area contributed by atoms with Crippen molar-refractivity contribution in [2.45, 2.75) is 19.3 Å². The van der Waals surface area contributed by atoms with Gasteiger partial charge in [-0.2, -0.15) is 0 Å². The third-order valence-electron chi connectivity index (χ3n) is 1.79. The van der Waals surface area contributed by atoms with Crippen LogP contribution >= 0.6 is 0 Å². The quantitative estimate of drug-likeness (QED) is 0.740. The predicted molar refractivity (Wildman–Crippen MR) is 45.9 cm³/mol. The highest BCUT2D eigenvalue weighted by Crippen LogP contribution is 2.17. The summed E-state index contributed by atoms with van der Waals surface area (Å²) >= 11 is 0. The van der Waals surface area contributed by atoms with E-state index >= 15 is 0 Å². The Morgan fingerprint density at radius 1 is 1.58 bits per heavy atom. The van der Waals surface area contributed by atoms with E-state index in [9.17, 15) is 4.79 Å². The molecule has 2 heteroatoms. The first kappa shape index (κ1) is 8.78. The van der Waals surface area contributed by atoms with Gasteiger partial charge >= 0.3 is 5.97 Å². The van der Waals surface area contributed by atoms with Crippen LogP contribution in [0.15, 0.2) is 24.3 Å². The van der Waals surface area contributed by atoms with Crippen molar-refractivity contribution >= 4 is 5.97 Å². The fraction of sp³-hybridized carbons (Fsp3) is 0.300. The van der Waals surface area contributed by atoms with Crippen molar-refractivity contribution in [3.05, 3.63) is 35.9 Å². The molecule has 0 fully saturated rings. The van der Waals surface area contributed by atoms with Gasteiger partial charge in [0, 0.05) is 0 Å². The van der Waals surface area contributed by atoms with Gasteiger partial charge in [-0.15, -0.1) is 0 Å². The van der Waals surface area contributed by atoms with Gasteiger partial charge in [-0.05, 0) is 17.5 Å². The van der Waals surface area contributed by atoms with Gasteiger partial charge in [-0.1, -0.05) is 31.2 Å². The molecule has 0 spiro atoms. The lowest BCUT2D eigenvalue weighted by Crippen LogP contribution is -2.02. The molecule has 0 aliphatic heterocycles. The van der Waals surface area contributed by atoms with Crippen LogP contribution in [0.2, 0.25) is 0 Å². The van der Waals surface area contributed by atoms with Crippen LogP contribution in [-0.4, -0.2) is 11.1 Å². The molecule has 1 N–H and O–H groups in total. The van der Waals surface area contributed by atoms with Crippen molar-refractivity contribution in [1.82, 2.24) is 0 Å². The van der Waals surface area contributed by atoms with Crippen LogP contribution in [-0.2, 0) is 4.79 Å². The van der Waals surface area contributed by atoms with E-state index in [2.05, 4.69) is 6.07 Å². The Balaban J connectivity index is 2.65. The van der Waals surface area contributed by atoms with Crippen molar-refractivity contribution < 1.29 is 9.90 Å². The summed E-state index contributed by atoms with van der Waals surface area (Å²) in [6, 6.07) is 10.3. The molecule has 1 unspecified atom stereocenters. The van der Waals surface area contributed by atoms with E-state index in [4.69, 9.17) is 5.11 Å². The minimum absolute atomic E-state index is 0.0806. The summed E-state index contributed by atoms with van der Waals surface area (Å²) < 4.78 is 0. The molecule has 1 atom stereocenters. The Kier molecular flexibility index (Phi) is 2.86. The highest BCUT2D eigenvalue weighted by molar-refractivity contribution is 5.67. The largest absolute Gasteiger partial charge is 0.481 e. The van der Waals surface area contributed by atoms with E-state index < -0.39 is 5.97 Å². The zero-order chi connectivity index (χ0) is 8.97. The van der Waals surface area contributed by atoms with Crippen LogP contribution in [0.25, 0.3) is 0 Å². The van der Waals surface area contributed by atoms with Gasteiger partial charge in [0.15, 0.2) is 0 Å². The second-order valence-corrected chi connectivity index (χ2v) is 2.83. The number of aliphatic carboxylic acids is 1. The predicted octanol–water partition coefficient (Wildman–Crippen LogP) is 2.06. The zero-order valence-corrected chi connectivity index (χ0v) is 6.95. The van der Waals surface area contributed by atoms with Crippen LogP contribution in [0.5, 0.6) is 0 Å². The Bertz CT molecular complexity index is 254. The second kappa shape index (κ2) is 3.90. The lowest BCUT2D eigenvalue weighted by molar-refractivity contribution is -0.137. The van der Waals surface area contributed by atoms with Crippen LogP contribution in [0.3, 0.4) is 0 Å². The van der Waals surface area contributed by atoms with E-state index in [1.54, 1.807) is 12.1 Å². The minimum Gasteiger partial charge on any atom is -0.481 e. The third kappa shape index (κ3) is 2.38. The molecule has 0 heterocycles. The third-order valence-corrected chi connectivity index (χ3v) is 1.79. The molecule has 12 heavy (non-hydrogen) atoms. The number of benzene rings is 1. The zero-order valence-electron chi connectivity index (χ0n) is 6.95. The molecule has 0 aliphatic rings. The number of hydrogen-bond donors (Lipinski definition) is 1. The fourth-order valence-electron chi connectivity index (χ4n) is 1.11. The molecule has 63 valence electrons. The molecule has 0 aliphatic carbocycles. The molecule has 1 aromatic carbocycles. The van der Waals surface area contributed by atoms with Crippen LogP contribution < -0.4 is 0 Å². The fourth-order valence-corrected chi connectivity index (χ4v) is 1.11. The lowest BCUT2D eigenvalue weighted by atomic mass is 9.98. The molecule has 0 bridgehead atoms. The van der Waals surface area contributed by atoms with Gasteiger partial charge in [0.25, 0.3) is 0 Å². The second-order valence-electron chi connectivity index (χ2n) is 2.83. The monoisotopic (exact) mass is 163 g/mol. The Morgan fingerprint density at radius 2 is 2.17 bits per heavy atom. The number of rotatable bonds is 3. The molecule has 1 radical (unpaired) electrons. The average molecular weight is 163 g/mol. The molecule has 0 amide bonds. The molecule has 1 aromatic rings. The molecule has 0 saturated heterocycles. The first-order chi connectivity index (χ1) is 5.70. The van der Waals surface area contributed by atoms with E-state index in [0.717, 1.165) is 5.56 Å². The summed E-state index contributed by atoms with van der Waals surface area (Å²) in [7, 11) is 0. The lowest BCUT2D eigenvalue weighted by Gasteiger charge is -2.07. The van der Waals surface area contributed by atoms with E-state index in [1.165, 1.54) is 0 Å². The molecular formula is C10H11O2. The van der Waals surface area contributed by atoms with E-state index in [1.807, 2.05) is 19.1 Å². The molecule has 0 saturated carbocycles. The summed E-state index contributed by atoms with van der Waals surface area (Å²) in [5.41, 5.74) is 1.05. The first-order valence-electron chi connectivity index (χ1n) is 3.88. The van der Waals surface area contributed by atoms with Crippen LogP contribution in [0.1, 0.15) is 24.8 Å².